The monoisotopic (exact) mass is 775 g/mol. The third-order valence-corrected chi connectivity index (χ3v) is 11.7. The van der Waals surface area contributed by atoms with Gasteiger partial charge in [-0.1, -0.05) is 167 Å². The van der Waals surface area contributed by atoms with Crippen LogP contribution in [0.4, 0.5) is 0 Å². The minimum absolute atomic E-state index is 0.000697. The zero-order chi connectivity index (χ0) is 41.9. The molecule has 0 aliphatic rings. The van der Waals surface area contributed by atoms with Crippen LogP contribution < -0.4 is 0 Å². The number of benzene rings is 6. The quantitative estimate of drug-likeness (QED) is 0.175. The fraction of sp³-hybridized carbons (Fsp3) is 0.273. The van der Waals surface area contributed by atoms with E-state index >= 15 is 0 Å². The number of para-hydroxylation sites is 1. The maximum Gasteiger partial charge on any atom is 0.149 e. The van der Waals surface area contributed by atoms with E-state index in [0.717, 1.165) is 90.5 Å². The molecule has 4 heteroatoms. The maximum atomic E-state index is 12.5. The first-order chi connectivity index (χ1) is 28.0. The van der Waals surface area contributed by atoms with Gasteiger partial charge in [0.2, 0.25) is 0 Å². The van der Waals surface area contributed by atoms with E-state index in [9.17, 15) is 5.11 Å². The molecule has 0 aliphatic carbocycles. The van der Waals surface area contributed by atoms with Crippen molar-refractivity contribution in [1.82, 2.24) is 14.5 Å². The van der Waals surface area contributed by atoms with Crippen molar-refractivity contribution in [2.45, 2.75) is 98.3 Å². The lowest BCUT2D eigenvalue weighted by Crippen LogP contribution is -2.17. The van der Waals surface area contributed by atoms with Crippen LogP contribution >= 0.6 is 0 Å². The van der Waals surface area contributed by atoms with Crippen molar-refractivity contribution in [2.75, 3.05) is 0 Å². The Kier molecular flexibility index (Phi) is 10.1. The van der Waals surface area contributed by atoms with Crippen molar-refractivity contribution in [3.05, 3.63) is 156 Å². The summed E-state index contributed by atoms with van der Waals surface area (Å²) in [6.07, 6.45) is 3.93. The fourth-order valence-electron chi connectivity index (χ4n) is 8.38. The molecule has 0 aliphatic heterocycles. The number of hydrogen-bond acceptors (Lipinski definition) is 3. The van der Waals surface area contributed by atoms with Crippen LogP contribution in [0.3, 0.4) is 0 Å². The minimum atomic E-state index is -0.314. The van der Waals surface area contributed by atoms with Gasteiger partial charge in [-0.15, -0.1) is 0 Å². The molecule has 0 fully saturated rings. The molecule has 0 atom stereocenters. The Morgan fingerprint density at radius 1 is 0.576 bits per heavy atom. The molecule has 8 rings (SSSR count). The lowest BCUT2D eigenvalue weighted by molar-refractivity contribution is 0.446. The van der Waals surface area contributed by atoms with E-state index in [0.29, 0.717) is 5.82 Å². The summed E-state index contributed by atoms with van der Waals surface area (Å²) in [5.41, 5.74) is 14.1. The number of nitrogens with zero attached hydrogens (tertiary/aromatic N) is 3. The van der Waals surface area contributed by atoms with E-state index in [4.69, 9.17) is 9.97 Å². The van der Waals surface area contributed by atoms with Crippen LogP contribution in [0.2, 0.25) is 0 Å². The summed E-state index contributed by atoms with van der Waals surface area (Å²) in [5.74, 6) is 0.974. The van der Waals surface area contributed by atoms with E-state index in [1.165, 1.54) is 11.1 Å². The molecule has 2 heterocycles. The van der Waals surface area contributed by atoms with Gasteiger partial charge in [-0.05, 0) is 92.3 Å². The average molecular weight is 776 g/mol. The Balaban J connectivity index is 1.51. The van der Waals surface area contributed by atoms with Crippen molar-refractivity contribution >= 4 is 21.8 Å². The second-order valence-electron chi connectivity index (χ2n) is 19.3. The summed E-state index contributed by atoms with van der Waals surface area (Å²) in [4.78, 5) is 10.6. The largest absolute Gasteiger partial charge is 0.507 e. The van der Waals surface area contributed by atoms with Crippen LogP contribution in [0.25, 0.3) is 72.4 Å². The zero-order valence-electron chi connectivity index (χ0n) is 36.4. The predicted molar refractivity (Wildman–Crippen MR) is 250 cm³/mol. The normalized spacial score (nSPS) is 12.4. The molecule has 298 valence electrons. The second-order valence-corrected chi connectivity index (χ2v) is 19.3. The Labute approximate surface area is 350 Å². The van der Waals surface area contributed by atoms with Crippen molar-refractivity contribution in [3.8, 4) is 56.3 Å². The van der Waals surface area contributed by atoms with Crippen LogP contribution in [0, 0.1) is 0 Å². The summed E-state index contributed by atoms with van der Waals surface area (Å²) < 4.78 is 2.32. The standard InChI is InChI=1S/C55H57N3O/c1-11-18-35-29-38(31-39(30-35)47-34-40(27-28-56-47)53(2,3)4)42-23-17-24-48-49(42)57-52(45-32-41(54(5,6)7)33-46(51(45)59)55(8,9)10)58(48)50-43-22-16-15-21-37(43)25-26-44(50)36-19-13-12-14-20-36/h12-17,19-34,59H,11,18H2,1-10H3. The summed E-state index contributed by atoms with van der Waals surface area (Å²) in [7, 11) is 0. The zero-order valence-corrected chi connectivity index (χ0v) is 36.4. The molecule has 0 amide bonds. The van der Waals surface area contributed by atoms with Gasteiger partial charge in [0.15, 0.2) is 0 Å². The molecule has 0 spiro atoms. The number of aromatic hydroxyl groups is 1. The number of hydrogen-bond donors (Lipinski definition) is 1. The second kappa shape index (κ2) is 15.0. The Morgan fingerprint density at radius 2 is 1.29 bits per heavy atom. The Hall–Kier alpha value is -6.00. The number of aromatic nitrogens is 3. The molecule has 8 aromatic rings. The third-order valence-electron chi connectivity index (χ3n) is 11.7. The number of fused-ring (bicyclic) bond motifs is 2. The van der Waals surface area contributed by atoms with E-state index in [2.05, 4.69) is 201 Å². The Morgan fingerprint density at radius 3 is 2.00 bits per heavy atom. The molecule has 0 radical (unpaired) electrons. The number of aryl methyl sites for hydroxylation is 1. The molecule has 0 bridgehead atoms. The van der Waals surface area contributed by atoms with Crippen LogP contribution in [-0.4, -0.2) is 19.6 Å². The first-order valence-corrected chi connectivity index (χ1v) is 21.1. The molecule has 0 unspecified atom stereocenters. The number of pyridine rings is 1. The van der Waals surface area contributed by atoms with Crippen molar-refractivity contribution in [2.24, 2.45) is 0 Å². The molecule has 2 aromatic heterocycles. The molecule has 0 saturated carbocycles. The first-order valence-electron chi connectivity index (χ1n) is 21.1. The van der Waals surface area contributed by atoms with Gasteiger partial charge >= 0.3 is 0 Å². The molecular weight excluding hydrogens is 719 g/mol. The maximum absolute atomic E-state index is 12.5. The highest BCUT2D eigenvalue weighted by Crippen LogP contribution is 2.46. The molecule has 6 aromatic carbocycles. The molecule has 59 heavy (non-hydrogen) atoms. The van der Waals surface area contributed by atoms with Gasteiger partial charge in [-0.2, -0.15) is 0 Å². The van der Waals surface area contributed by atoms with Crippen LogP contribution in [0.5, 0.6) is 5.75 Å². The highest BCUT2D eigenvalue weighted by atomic mass is 16.3. The third kappa shape index (κ3) is 7.58. The van der Waals surface area contributed by atoms with Gasteiger partial charge in [0.05, 0.1) is 28.0 Å². The number of rotatable bonds is 7. The summed E-state index contributed by atoms with van der Waals surface area (Å²) in [6.45, 7) is 22.2. The van der Waals surface area contributed by atoms with Gasteiger partial charge in [0.1, 0.15) is 11.6 Å². The first kappa shape index (κ1) is 39.8. The van der Waals surface area contributed by atoms with Crippen LogP contribution in [0.15, 0.2) is 134 Å². The van der Waals surface area contributed by atoms with E-state index < -0.39 is 0 Å². The van der Waals surface area contributed by atoms with Crippen LogP contribution in [0.1, 0.15) is 97.9 Å². The number of imidazole rings is 1. The molecule has 1 N–H and O–H groups in total. The SMILES string of the molecule is CCCc1cc(-c2cc(C(C)(C)C)ccn2)cc(-c2cccc3c2nc(-c2cc(C(C)(C)C)cc(C(C)(C)C)c2O)n3-c2c(-c3ccccc3)ccc3ccccc23)c1. The van der Waals surface area contributed by atoms with Crippen molar-refractivity contribution < 1.29 is 5.11 Å². The van der Waals surface area contributed by atoms with Gasteiger partial charge < -0.3 is 5.11 Å². The van der Waals surface area contributed by atoms with Crippen molar-refractivity contribution in [1.29, 1.82) is 0 Å². The van der Waals surface area contributed by atoms with E-state index in [1.54, 1.807) is 0 Å². The minimum Gasteiger partial charge on any atom is -0.507 e. The number of phenolic OH excluding ortho intramolecular Hbond substituents is 1. The average Bonchev–Trinajstić information content (AvgIpc) is 3.59. The van der Waals surface area contributed by atoms with E-state index in [-0.39, 0.29) is 22.0 Å². The summed E-state index contributed by atoms with van der Waals surface area (Å²) in [5, 5.41) is 14.8. The molecule has 0 saturated heterocycles. The highest BCUT2D eigenvalue weighted by molar-refractivity contribution is 6.03. The smallest absolute Gasteiger partial charge is 0.149 e. The van der Waals surface area contributed by atoms with Crippen molar-refractivity contribution in [3.63, 3.8) is 0 Å². The predicted octanol–water partition coefficient (Wildman–Crippen LogP) is 14.8. The topological polar surface area (TPSA) is 50.9 Å². The van der Waals surface area contributed by atoms with Gasteiger partial charge in [-0.3, -0.25) is 9.55 Å². The molecule has 4 nitrogen and oxygen atoms in total. The lowest BCUT2D eigenvalue weighted by atomic mass is 9.79. The lowest BCUT2D eigenvalue weighted by Gasteiger charge is -2.28. The summed E-state index contributed by atoms with van der Waals surface area (Å²) in [6, 6.07) is 45.8. The fourth-order valence-corrected chi connectivity index (χ4v) is 8.38. The number of phenols is 1. The summed E-state index contributed by atoms with van der Waals surface area (Å²) >= 11 is 0. The Bertz CT molecular complexity index is 2840. The van der Waals surface area contributed by atoms with Gasteiger partial charge in [-0.25, -0.2) is 4.98 Å². The van der Waals surface area contributed by atoms with E-state index in [1.807, 2.05) is 6.20 Å². The van der Waals surface area contributed by atoms with Crippen LogP contribution in [-0.2, 0) is 22.7 Å². The highest BCUT2D eigenvalue weighted by Gasteiger charge is 2.30. The molecular formula is C55H57N3O. The van der Waals surface area contributed by atoms with Gasteiger partial charge in [0, 0.05) is 33.8 Å². The van der Waals surface area contributed by atoms with Gasteiger partial charge in [0.25, 0.3) is 0 Å².